The Morgan fingerprint density at radius 2 is 2.11 bits per heavy atom. The lowest BCUT2D eigenvalue weighted by Crippen LogP contribution is -2.45. The molecule has 6 nitrogen and oxygen atoms in total. The number of carbonyl (C=O) groups excluding carboxylic acids is 1. The summed E-state index contributed by atoms with van der Waals surface area (Å²) in [7, 11) is 0. The molecule has 2 aromatic heterocycles. The van der Waals surface area contributed by atoms with Gasteiger partial charge in [0.15, 0.2) is 11.5 Å². The van der Waals surface area contributed by atoms with E-state index in [9.17, 15) is 23.1 Å². The van der Waals surface area contributed by atoms with Gasteiger partial charge in [-0.2, -0.15) is 13.2 Å². The summed E-state index contributed by atoms with van der Waals surface area (Å²) in [6, 6.07) is 4.65. The number of anilines is 1. The summed E-state index contributed by atoms with van der Waals surface area (Å²) in [5, 5.41) is 13.5. The number of aromatic nitrogens is 2. The highest BCUT2D eigenvalue weighted by atomic mass is 32.1. The Morgan fingerprint density at radius 1 is 1.36 bits per heavy atom. The molecule has 28 heavy (non-hydrogen) atoms. The quantitative estimate of drug-likeness (QED) is 0.655. The van der Waals surface area contributed by atoms with Gasteiger partial charge in [-0.1, -0.05) is 0 Å². The van der Waals surface area contributed by atoms with Gasteiger partial charge in [0.25, 0.3) is 0 Å². The van der Waals surface area contributed by atoms with Gasteiger partial charge in [-0.3, -0.25) is 4.79 Å². The molecule has 1 amide bonds. The molecule has 10 heteroatoms. The van der Waals surface area contributed by atoms with Crippen LogP contribution in [0.1, 0.15) is 41.8 Å². The van der Waals surface area contributed by atoms with E-state index in [4.69, 9.17) is 4.42 Å². The van der Waals surface area contributed by atoms with E-state index in [1.54, 1.807) is 6.07 Å². The van der Waals surface area contributed by atoms with E-state index in [1.807, 2.05) is 0 Å². The Balaban J connectivity index is 1.54. The highest BCUT2D eigenvalue weighted by Gasteiger charge is 2.58. The van der Waals surface area contributed by atoms with Crippen molar-refractivity contribution in [3.05, 3.63) is 40.2 Å². The Hall–Kier alpha value is -2.46. The number of alkyl halides is 3. The number of hydrogen-bond donors (Lipinski definition) is 2. The van der Waals surface area contributed by atoms with Crippen molar-refractivity contribution in [1.82, 2.24) is 9.97 Å². The van der Waals surface area contributed by atoms with Crippen molar-refractivity contribution in [2.45, 2.75) is 43.9 Å². The molecule has 0 bridgehead atoms. The zero-order valence-corrected chi connectivity index (χ0v) is 15.5. The van der Waals surface area contributed by atoms with Crippen LogP contribution in [0.15, 0.2) is 28.0 Å². The van der Waals surface area contributed by atoms with E-state index in [-0.39, 0.29) is 5.69 Å². The maximum Gasteiger partial charge on any atom is 0.424 e. The number of aliphatic hydroxyl groups is 1. The number of nitrogens with zero attached hydrogens (tertiary/aromatic N) is 2. The second-order valence-corrected chi connectivity index (χ2v) is 7.74. The molecule has 1 aromatic carbocycles. The van der Waals surface area contributed by atoms with Crippen LogP contribution >= 0.6 is 11.3 Å². The highest BCUT2D eigenvalue weighted by molar-refractivity contribution is 7.09. The Kier molecular flexibility index (Phi) is 4.42. The molecule has 1 saturated carbocycles. The standard InChI is InChI=1S/C18H16F3N3O3S/c1-9-8-28-16(22-9)17(26,18(19,20)21)7-14(25)23-11-4-5-13-12(6-11)24-15(27-13)10-2-3-10/h4-6,8,10,26H,2-3,7H2,1H3,(H,23,25). The minimum atomic E-state index is -5.05. The number of thiazole rings is 1. The molecule has 1 aliphatic rings. The average Bonchev–Trinajstić information content (AvgIpc) is 3.22. The normalized spacial score (nSPS) is 16.9. The fraction of sp³-hybridized carbons (Fsp3) is 0.389. The first-order valence-electron chi connectivity index (χ1n) is 8.58. The van der Waals surface area contributed by atoms with Gasteiger partial charge in [-0.25, -0.2) is 9.97 Å². The maximum atomic E-state index is 13.5. The van der Waals surface area contributed by atoms with Gasteiger partial charge in [0, 0.05) is 22.7 Å². The lowest BCUT2D eigenvalue weighted by atomic mass is 9.99. The molecule has 148 valence electrons. The van der Waals surface area contributed by atoms with Gasteiger partial charge < -0.3 is 14.8 Å². The van der Waals surface area contributed by atoms with Gasteiger partial charge >= 0.3 is 6.18 Å². The van der Waals surface area contributed by atoms with Crippen molar-refractivity contribution in [3.8, 4) is 0 Å². The van der Waals surface area contributed by atoms with E-state index in [1.165, 1.54) is 24.4 Å². The van der Waals surface area contributed by atoms with E-state index < -0.39 is 29.1 Å². The molecule has 0 saturated heterocycles. The number of benzene rings is 1. The van der Waals surface area contributed by atoms with Gasteiger partial charge in [0.2, 0.25) is 11.5 Å². The van der Waals surface area contributed by atoms with E-state index in [2.05, 4.69) is 15.3 Å². The van der Waals surface area contributed by atoms with Crippen LogP contribution in [-0.4, -0.2) is 27.2 Å². The van der Waals surface area contributed by atoms with Crippen molar-refractivity contribution in [3.63, 3.8) is 0 Å². The van der Waals surface area contributed by atoms with Crippen molar-refractivity contribution in [1.29, 1.82) is 0 Å². The number of oxazole rings is 1. The number of carbonyl (C=O) groups is 1. The largest absolute Gasteiger partial charge is 0.440 e. The zero-order chi connectivity index (χ0) is 20.1. The monoisotopic (exact) mass is 411 g/mol. The molecular formula is C18H16F3N3O3S. The topological polar surface area (TPSA) is 88.2 Å². The van der Waals surface area contributed by atoms with Gasteiger partial charge in [0.1, 0.15) is 10.5 Å². The Labute approximate surface area is 161 Å². The van der Waals surface area contributed by atoms with Crippen LogP contribution in [0.5, 0.6) is 0 Å². The summed E-state index contributed by atoms with van der Waals surface area (Å²) in [4.78, 5) is 20.3. The molecule has 0 aliphatic heterocycles. The van der Waals surface area contributed by atoms with E-state index in [0.29, 0.717) is 39.9 Å². The van der Waals surface area contributed by atoms with Gasteiger partial charge in [-0.05, 0) is 38.0 Å². The van der Waals surface area contributed by atoms with Crippen LogP contribution in [0.4, 0.5) is 18.9 Å². The number of rotatable bonds is 5. The molecule has 2 N–H and O–H groups in total. The minimum absolute atomic E-state index is 0.271. The van der Waals surface area contributed by atoms with Crippen LogP contribution in [0, 0.1) is 6.92 Å². The SMILES string of the molecule is Cc1csc(C(O)(CC(=O)Nc2ccc3oc(C4CC4)nc3c2)C(F)(F)F)n1. The first-order valence-corrected chi connectivity index (χ1v) is 9.46. The van der Waals surface area contributed by atoms with E-state index >= 15 is 0 Å². The summed E-state index contributed by atoms with van der Waals surface area (Å²) in [5.74, 6) is -0.0454. The maximum absolute atomic E-state index is 13.5. The molecule has 1 fully saturated rings. The summed E-state index contributed by atoms with van der Waals surface area (Å²) in [5.41, 5.74) is -1.68. The lowest BCUT2D eigenvalue weighted by molar-refractivity contribution is -0.266. The second-order valence-electron chi connectivity index (χ2n) is 6.89. The Morgan fingerprint density at radius 3 is 2.71 bits per heavy atom. The van der Waals surface area contributed by atoms with E-state index in [0.717, 1.165) is 12.8 Å². The first-order chi connectivity index (χ1) is 13.2. The van der Waals surface area contributed by atoms with Crippen LogP contribution in [0.25, 0.3) is 11.1 Å². The van der Waals surface area contributed by atoms with Crippen molar-refractivity contribution in [2.75, 3.05) is 5.32 Å². The van der Waals surface area contributed by atoms with Crippen LogP contribution in [-0.2, 0) is 10.4 Å². The van der Waals surface area contributed by atoms with Gasteiger partial charge in [-0.15, -0.1) is 11.3 Å². The zero-order valence-electron chi connectivity index (χ0n) is 14.7. The molecule has 1 aliphatic carbocycles. The summed E-state index contributed by atoms with van der Waals surface area (Å²) < 4.78 is 46.1. The predicted molar refractivity (Wildman–Crippen MR) is 96.0 cm³/mol. The van der Waals surface area contributed by atoms with Crippen molar-refractivity contribution in [2.24, 2.45) is 0 Å². The van der Waals surface area contributed by atoms with Crippen molar-refractivity contribution < 1.29 is 27.5 Å². The second kappa shape index (κ2) is 6.56. The molecule has 0 radical (unpaired) electrons. The average molecular weight is 411 g/mol. The van der Waals surface area contributed by atoms with Crippen LogP contribution < -0.4 is 5.32 Å². The Bertz CT molecular complexity index is 1040. The predicted octanol–water partition coefficient (Wildman–Crippen LogP) is 4.25. The summed E-state index contributed by atoms with van der Waals surface area (Å²) in [6.07, 6.45) is -4.22. The highest BCUT2D eigenvalue weighted by Crippen LogP contribution is 2.43. The summed E-state index contributed by atoms with van der Waals surface area (Å²) >= 11 is 0.661. The number of amides is 1. The first kappa shape index (κ1) is 18.9. The third kappa shape index (κ3) is 3.49. The van der Waals surface area contributed by atoms with Crippen molar-refractivity contribution >= 4 is 34.0 Å². The molecule has 2 heterocycles. The smallest absolute Gasteiger partial charge is 0.424 e. The number of halogens is 3. The molecule has 0 spiro atoms. The molecular weight excluding hydrogens is 395 g/mol. The summed E-state index contributed by atoms with van der Waals surface area (Å²) in [6.45, 7) is 1.51. The molecule has 1 atom stereocenters. The number of aryl methyl sites for hydroxylation is 1. The molecule has 4 rings (SSSR count). The van der Waals surface area contributed by atoms with Crippen LogP contribution in [0.3, 0.4) is 0 Å². The fourth-order valence-corrected chi connectivity index (χ4v) is 3.72. The number of fused-ring (bicyclic) bond motifs is 1. The third-order valence-electron chi connectivity index (χ3n) is 4.47. The third-order valence-corrected chi connectivity index (χ3v) is 5.58. The molecule has 1 unspecified atom stereocenters. The minimum Gasteiger partial charge on any atom is -0.440 e. The van der Waals surface area contributed by atoms with Gasteiger partial charge in [0.05, 0.1) is 6.42 Å². The number of nitrogens with one attached hydrogen (secondary N) is 1. The molecule has 3 aromatic rings. The fourth-order valence-electron chi connectivity index (χ4n) is 2.81. The number of hydrogen-bond acceptors (Lipinski definition) is 6. The van der Waals surface area contributed by atoms with Crippen LogP contribution in [0.2, 0.25) is 0 Å². The lowest BCUT2D eigenvalue weighted by Gasteiger charge is -2.27.